The fourth-order valence-corrected chi connectivity index (χ4v) is 1.56. The molecule has 0 aromatic carbocycles. The first-order valence-electron chi connectivity index (χ1n) is 4.58. The molecule has 13 heavy (non-hydrogen) atoms. The van der Waals surface area contributed by atoms with Crippen LogP contribution in [-0.2, 0) is 0 Å². The molecule has 1 rings (SSSR count). The minimum Gasteiger partial charge on any atom is -0.370 e. The molecule has 0 heterocycles. The fraction of sp³-hybridized carbons (Fsp3) is 0.667. The van der Waals surface area contributed by atoms with Crippen LogP contribution in [-0.4, -0.2) is 18.5 Å². The molecule has 0 aromatic rings. The van der Waals surface area contributed by atoms with Gasteiger partial charge in [0, 0.05) is 11.1 Å². The van der Waals surface area contributed by atoms with Crippen LogP contribution in [0.5, 0.6) is 0 Å². The lowest BCUT2D eigenvalue weighted by Crippen LogP contribution is -2.38. The number of nitrogens with zero attached hydrogens (tertiary/aromatic N) is 1. The second-order valence-electron chi connectivity index (χ2n) is 3.34. The first-order valence-corrected chi connectivity index (χ1v) is 4.96. The van der Waals surface area contributed by atoms with Gasteiger partial charge in [-0.25, -0.2) is 4.99 Å². The Labute approximate surface area is 84.1 Å². The summed E-state index contributed by atoms with van der Waals surface area (Å²) in [4.78, 5) is 4.04. The van der Waals surface area contributed by atoms with E-state index >= 15 is 0 Å². The first kappa shape index (κ1) is 10.4. The Kier molecular flexibility index (Phi) is 4.09. The quantitative estimate of drug-likeness (QED) is 0.538. The molecule has 1 aliphatic rings. The van der Waals surface area contributed by atoms with Crippen molar-refractivity contribution in [1.82, 2.24) is 5.32 Å². The van der Waals surface area contributed by atoms with E-state index in [9.17, 15) is 0 Å². The second kappa shape index (κ2) is 5.12. The molecule has 1 saturated carbocycles. The minimum absolute atomic E-state index is 0.396. The van der Waals surface area contributed by atoms with Crippen molar-refractivity contribution in [3.8, 4) is 0 Å². The molecule has 74 valence electrons. The van der Waals surface area contributed by atoms with Crippen molar-refractivity contribution in [1.29, 1.82) is 0 Å². The van der Waals surface area contributed by atoms with Crippen LogP contribution in [0, 0.1) is 0 Å². The van der Waals surface area contributed by atoms with Crippen molar-refractivity contribution in [3.63, 3.8) is 0 Å². The molecule has 1 fully saturated rings. The largest absolute Gasteiger partial charge is 0.370 e. The highest BCUT2D eigenvalue weighted by molar-refractivity contribution is 6.29. The Morgan fingerprint density at radius 3 is 2.69 bits per heavy atom. The van der Waals surface area contributed by atoms with Gasteiger partial charge < -0.3 is 11.1 Å². The molecule has 0 spiro atoms. The monoisotopic (exact) mass is 201 g/mol. The Bertz CT molecular complexity index is 207. The predicted octanol–water partition coefficient (Wildman–Crippen LogP) is 1.59. The summed E-state index contributed by atoms with van der Waals surface area (Å²) in [6.07, 6.45) is 4.95. The van der Waals surface area contributed by atoms with Gasteiger partial charge in [-0.3, -0.25) is 0 Å². The molecule has 0 saturated heterocycles. The van der Waals surface area contributed by atoms with Gasteiger partial charge in [0.15, 0.2) is 5.96 Å². The standard InChI is InChI=1S/C9H16ClN3/c1-7(10)6-12-9(11)13-8-4-2-3-5-8/h8H,1-6H2,(H3,11,12,13). The second-order valence-corrected chi connectivity index (χ2v) is 3.88. The smallest absolute Gasteiger partial charge is 0.189 e. The van der Waals surface area contributed by atoms with Crippen molar-refractivity contribution in [2.75, 3.05) is 6.54 Å². The van der Waals surface area contributed by atoms with Crippen LogP contribution in [0.2, 0.25) is 0 Å². The van der Waals surface area contributed by atoms with Crippen molar-refractivity contribution < 1.29 is 0 Å². The molecule has 1 aliphatic carbocycles. The number of guanidine groups is 1. The number of rotatable bonds is 3. The third kappa shape index (κ3) is 4.18. The van der Waals surface area contributed by atoms with Gasteiger partial charge in [-0.15, -0.1) is 0 Å². The van der Waals surface area contributed by atoms with Crippen molar-refractivity contribution in [3.05, 3.63) is 11.6 Å². The fourth-order valence-electron chi connectivity index (χ4n) is 1.50. The lowest BCUT2D eigenvalue weighted by Gasteiger charge is -2.11. The molecule has 0 unspecified atom stereocenters. The molecule has 0 amide bonds. The number of nitrogens with two attached hydrogens (primary N) is 1. The summed E-state index contributed by atoms with van der Waals surface area (Å²) in [5.74, 6) is 0.480. The van der Waals surface area contributed by atoms with E-state index in [0.717, 1.165) is 0 Å². The Balaban J connectivity index is 2.26. The van der Waals surface area contributed by atoms with Gasteiger partial charge in [0.1, 0.15) is 0 Å². The van der Waals surface area contributed by atoms with Crippen LogP contribution in [0.25, 0.3) is 0 Å². The zero-order valence-electron chi connectivity index (χ0n) is 7.72. The van der Waals surface area contributed by atoms with E-state index in [2.05, 4.69) is 16.9 Å². The number of hydrogen-bond acceptors (Lipinski definition) is 1. The molecule has 3 N–H and O–H groups in total. The van der Waals surface area contributed by atoms with Gasteiger partial charge in [-0.05, 0) is 12.8 Å². The van der Waals surface area contributed by atoms with Crippen molar-refractivity contribution >= 4 is 17.6 Å². The molecule has 4 heteroatoms. The highest BCUT2D eigenvalue weighted by Gasteiger charge is 2.14. The zero-order chi connectivity index (χ0) is 9.68. The Morgan fingerprint density at radius 2 is 2.15 bits per heavy atom. The van der Waals surface area contributed by atoms with E-state index in [-0.39, 0.29) is 0 Å². The molecule has 0 aromatic heterocycles. The van der Waals surface area contributed by atoms with Gasteiger partial charge in [-0.2, -0.15) is 0 Å². The molecular formula is C9H16ClN3. The molecule has 3 nitrogen and oxygen atoms in total. The summed E-state index contributed by atoms with van der Waals surface area (Å²) < 4.78 is 0. The van der Waals surface area contributed by atoms with E-state index < -0.39 is 0 Å². The van der Waals surface area contributed by atoms with Crippen LogP contribution in [0.3, 0.4) is 0 Å². The van der Waals surface area contributed by atoms with Gasteiger partial charge in [0.05, 0.1) is 6.54 Å². The van der Waals surface area contributed by atoms with Gasteiger partial charge in [0.2, 0.25) is 0 Å². The summed E-state index contributed by atoms with van der Waals surface area (Å²) in [7, 11) is 0. The average Bonchev–Trinajstić information content (AvgIpc) is 2.53. The third-order valence-electron chi connectivity index (χ3n) is 2.13. The lowest BCUT2D eigenvalue weighted by atomic mass is 10.2. The lowest BCUT2D eigenvalue weighted by molar-refractivity contribution is 0.626. The van der Waals surface area contributed by atoms with E-state index in [0.29, 0.717) is 23.6 Å². The van der Waals surface area contributed by atoms with E-state index in [1.165, 1.54) is 25.7 Å². The van der Waals surface area contributed by atoms with Crippen LogP contribution in [0.1, 0.15) is 25.7 Å². The van der Waals surface area contributed by atoms with Crippen LogP contribution < -0.4 is 11.1 Å². The highest BCUT2D eigenvalue weighted by atomic mass is 35.5. The zero-order valence-corrected chi connectivity index (χ0v) is 8.48. The molecular weight excluding hydrogens is 186 g/mol. The van der Waals surface area contributed by atoms with Crippen LogP contribution >= 0.6 is 11.6 Å². The number of aliphatic imine (C=N–C) groups is 1. The molecule has 0 atom stereocenters. The van der Waals surface area contributed by atoms with Crippen LogP contribution in [0.15, 0.2) is 16.6 Å². The first-order chi connectivity index (χ1) is 6.18. The maximum Gasteiger partial charge on any atom is 0.189 e. The molecule has 0 bridgehead atoms. The summed E-state index contributed by atoms with van der Waals surface area (Å²) in [5.41, 5.74) is 5.64. The third-order valence-corrected chi connectivity index (χ3v) is 2.25. The number of hydrogen-bond donors (Lipinski definition) is 2. The predicted molar refractivity (Wildman–Crippen MR) is 56.9 cm³/mol. The number of nitrogens with one attached hydrogen (secondary N) is 1. The molecule has 0 radical (unpaired) electrons. The van der Waals surface area contributed by atoms with E-state index in [1.54, 1.807) is 0 Å². The topological polar surface area (TPSA) is 50.4 Å². The summed E-state index contributed by atoms with van der Waals surface area (Å²) in [6, 6.07) is 0.507. The summed E-state index contributed by atoms with van der Waals surface area (Å²) in [6.45, 7) is 3.93. The Hall–Kier alpha value is -0.700. The maximum absolute atomic E-state index is 5.64. The maximum atomic E-state index is 5.64. The summed E-state index contributed by atoms with van der Waals surface area (Å²) in [5, 5.41) is 3.67. The van der Waals surface area contributed by atoms with E-state index in [4.69, 9.17) is 17.3 Å². The Morgan fingerprint density at radius 1 is 1.54 bits per heavy atom. The summed E-state index contributed by atoms with van der Waals surface area (Å²) >= 11 is 5.55. The van der Waals surface area contributed by atoms with Gasteiger partial charge in [-0.1, -0.05) is 31.0 Å². The van der Waals surface area contributed by atoms with Crippen molar-refractivity contribution in [2.24, 2.45) is 10.7 Å². The normalized spacial score (nSPS) is 19.0. The number of halogens is 1. The van der Waals surface area contributed by atoms with Gasteiger partial charge in [0.25, 0.3) is 0 Å². The van der Waals surface area contributed by atoms with Gasteiger partial charge >= 0.3 is 0 Å². The molecule has 0 aliphatic heterocycles. The highest BCUT2D eigenvalue weighted by Crippen LogP contribution is 2.17. The minimum atomic E-state index is 0.396. The van der Waals surface area contributed by atoms with E-state index in [1.807, 2.05) is 0 Å². The average molecular weight is 202 g/mol. The van der Waals surface area contributed by atoms with Crippen LogP contribution in [0.4, 0.5) is 0 Å². The SMILES string of the molecule is C=C(Cl)CN=C(N)NC1CCCC1. The van der Waals surface area contributed by atoms with Crippen molar-refractivity contribution in [2.45, 2.75) is 31.7 Å².